The van der Waals surface area contributed by atoms with Crippen molar-refractivity contribution >= 4 is 29.2 Å². The van der Waals surface area contributed by atoms with Crippen molar-refractivity contribution < 1.29 is 4.79 Å². The standard InChI is InChI=1S/C26H36N8O/c1-31-12-14-33(15-13-31)21-8-9-22(27-18-21)29-25-28-17-19-16-26(10-5-11-32(2)24(26)35)34(23(19)30-25)20-6-3-4-7-20/h8-9,17-18,20H,3-7,10-16H2,1-2H3,(H,27,28,29,30). The Kier molecular flexibility index (Phi) is 5.75. The molecule has 0 aromatic carbocycles. The highest BCUT2D eigenvalue weighted by molar-refractivity contribution is 5.93. The smallest absolute Gasteiger partial charge is 0.248 e. The Morgan fingerprint density at radius 2 is 1.77 bits per heavy atom. The zero-order chi connectivity index (χ0) is 24.0. The summed E-state index contributed by atoms with van der Waals surface area (Å²) < 4.78 is 0. The topological polar surface area (TPSA) is 80.7 Å². The minimum absolute atomic E-state index is 0.240. The number of hydrogen-bond acceptors (Lipinski definition) is 8. The average Bonchev–Trinajstić information content (AvgIpc) is 3.49. The van der Waals surface area contributed by atoms with Gasteiger partial charge in [0.1, 0.15) is 17.2 Å². The first-order chi connectivity index (χ1) is 17.0. The number of pyridine rings is 1. The van der Waals surface area contributed by atoms with Crippen molar-refractivity contribution in [3.8, 4) is 0 Å². The first-order valence-electron chi connectivity index (χ1n) is 13.1. The number of amides is 1. The number of likely N-dealkylation sites (N-methyl/N-ethyl adjacent to an activating group) is 2. The molecule has 1 saturated carbocycles. The number of nitrogens with one attached hydrogen (secondary N) is 1. The van der Waals surface area contributed by atoms with Gasteiger partial charge in [-0.1, -0.05) is 12.8 Å². The van der Waals surface area contributed by atoms with E-state index in [2.05, 4.69) is 43.1 Å². The number of carbonyl (C=O) groups excluding carboxylic acids is 1. The number of fused-ring (bicyclic) bond motifs is 1. The van der Waals surface area contributed by atoms with Crippen molar-refractivity contribution in [2.45, 2.75) is 56.5 Å². The van der Waals surface area contributed by atoms with Gasteiger partial charge in [0.05, 0.1) is 11.9 Å². The van der Waals surface area contributed by atoms with Crippen LogP contribution >= 0.6 is 0 Å². The predicted octanol–water partition coefficient (Wildman–Crippen LogP) is 2.66. The fourth-order valence-electron chi connectivity index (χ4n) is 6.47. The van der Waals surface area contributed by atoms with E-state index in [0.29, 0.717) is 18.4 Å². The van der Waals surface area contributed by atoms with Crippen LogP contribution in [0.2, 0.25) is 0 Å². The molecule has 1 N–H and O–H groups in total. The van der Waals surface area contributed by atoms with Gasteiger partial charge < -0.3 is 24.9 Å². The van der Waals surface area contributed by atoms with Crippen molar-refractivity contribution in [2.24, 2.45) is 0 Å². The van der Waals surface area contributed by atoms with Gasteiger partial charge in [-0.25, -0.2) is 9.97 Å². The number of aromatic nitrogens is 3. The fraction of sp³-hybridized carbons (Fsp3) is 0.615. The van der Waals surface area contributed by atoms with Gasteiger partial charge in [0.25, 0.3) is 0 Å². The maximum Gasteiger partial charge on any atom is 0.248 e. The summed E-state index contributed by atoms with van der Waals surface area (Å²) in [6, 6.07) is 4.49. The van der Waals surface area contributed by atoms with Crippen molar-refractivity contribution in [1.82, 2.24) is 24.8 Å². The second-order valence-corrected chi connectivity index (χ2v) is 10.7. The normalized spacial score (nSPS) is 25.5. The third-order valence-corrected chi connectivity index (χ3v) is 8.39. The summed E-state index contributed by atoms with van der Waals surface area (Å²) >= 11 is 0. The third kappa shape index (κ3) is 3.99. The minimum atomic E-state index is -0.500. The number of carbonyl (C=O) groups is 1. The molecule has 3 fully saturated rings. The molecule has 1 atom stereocenters. The Labute approximate surface area is 207 Å². The van der Waals surface area contributed by atoms with Gasteiger partial charge in [-0.15, -0.1) is 0 Å². The number of nitrogens with zero attached hydrogens (tertiary/aromatic N) is 7. The van der Waals surface area contributed by atoms with Crippen LogP contribution in [0.25, 0.3) is 0 Å². The van der Waals surface area contributed by atoms with Crippen LogP contribution in [0.5, 0.6) is 0 Å². The number of rotatable bonds is 4. The molecule has 0 bridgehead atoms. The van der Waals surface area contributed by atoms with Gasteiger partial charge in [-0.2, -0.15) is 4.98 Å². The molecular weight excluding hydrogens is 440 g/mol. The molecule has 186 valence electrons. The minimum Gasteiger partial charge on any atom is -0.368 e. The molecular formula is C26H36N8O. The van der Waals surface area contributed by atoms with Gasteiger partial charge >= 0.3 is 0 Å². The highest BCUT2D eigenvalue weighted by atomic mass is 16.2. The van der Waals surface area contributed by atoms with E-state index < -0.39 is 5.54 Å². The van der Waals surface area contributed by atoms with Crippen LogP contribution in [-0.4, -0.2) is 89.1 Å². The summed E-state index contributed by atoms with van der Waals surface area (Å²) in [5, 5.41) is 3.31. The Morgan fingerprint density at radius 1 is 0.971 bits per heavy atom. The Balaban J connectivity index is 1.25. The molecule has 2 aromatic heterocycles. The number of likely N-dealkylation sites (tertiary alicyclic amines) is 1. The first kappa shape index (κ1) is 22.5. The zero-order valence-electron chi connectivity index (χ0n) is 20.9. The molecule has 2 saturated heterocycles. The van der Waals surface area contributed by atoms with Crippen molar-refractivity contribution in [2.75, 3.05) is 61.9 Å². The molecule has 0 radical (unpaired) electrons. The highest BCUT2D eigenvalue weighted by Gasteiger charge is 2.55. The van der Waals surface area contributed by atoms with Gasteiger partial charge in [0.2, 0.25) is 11.9 Å². The Bertz CT molecular complexity index is 1080. The third-order valence-electron chi connectivity index (χ3n) is 8.39. The summed E-state index contributed by atoms with van der Waals surface area (Å²) in [7, 11) is 4.10. The molecule has 9 nitrogen and oxygen atoms in total. The second-order valence-electron chi connectivity index (χ2n) is 10.7. The Hall–Kier alpha value is -2.94. The van der Waals surface area contributed by atoms with Gasteiger partial charge in [-0.05, 0) is 44.9 Å². The molecule has 5 heterocycles. The van der Waals surface area contributed by atoms with E-state index in [0.717, 1.165) is 81.3 Å². The molecule has 1 aliphatic carbocycles. The number of piperazine rings is 1. The lowest BCUT2D eigenvalue weighted by Crippen LogP contribution is -2.63. The van der Waals surface area contributed by atoms with Crippen LogP contribution in [0.3, 0.4) is 0 Å². The fourth-order valence-corrected chi connectivity index (χ4v) is 6.47. The van der Waals surface area contributed by atoms with Crippen LogP contribution in [0.1, 0.15) is 44.1 Å². The summed E-state index contributed by atoms with van der Waals surface area (Å²) in [6.45, 7) is 5.02. The summed E-state index contributed by atoms with van der Waals surface area (Å²) in [5.41, 5.74) is 1.73. The quantitative estimate of drug-likeness (QED) is 0.722. The average molecular weight is 477 g/mol. The van der Waals surface area contributed by atoms with Crippen molar-refractivity contribution in [3.05, 3.63) is 30.1 Å². The van der Waals surface area contributed by atoms with Crippen LogP contribution in [-0.2, 0) is 11.2 Å². The monoisotopic (exact) mass is 476 g/mol. The van der Waals surface area contributed by atoms with E-state index in [1.807, 2.05) is 30.4 Å². The molecule has 1 spiro atoms. The summed E-state index contributed by atoms with van der Waals surface area (Å²) in [5.74, 6) is 2.45. The van der Waals surface area contributed by atoms with Crippen LogP contribution in [0, 0.1) is 0 Å². The van der Waals surface area contributed by atoms with Crippen LogP contribution in [0.4, 0.5) is 23.3 Å². The molecule has 2 aromatic rings. The maximum absolute atomic E-state index is 13.5. The lowest BCUT2D eigenvalue weighted by molar-refractivity contribution is -0.138. The van der Waals surface area contributed by atoms with E-state index in [1.165, 1.54) is 12.8 Å². The molecule has 3 aliphatic heterocycles. The van der Waals surface area contributed by atoms with Gasteiger partial charge in [-0.3, -0.25) is 4.79 Å². The number of anilines is 4. The Morgan fingerprint density at radius 3 is 2.51 bits per heavy atom. The van der Waals surface area contributed by atoms with E-state index >= 15 is 0 Å². The lowest BCUT2D eigenvalue weighted by atomic mass is 9.83. The van der Waals surface area contributed by atoms with Crippen LogP contribution < -0.4 is 15.1 Å². The largest absolute Gasteiger partial charge is 0.368 e. The van der Waals surface area contributed by atoms with Gasteiger partial charge in [0.15, 0.2) is 0 Å². The predicted molar refractivity (Wildman–Crippen MR) is 137 cm³/mol. The second kappa shape index (κ2) is 8.93. The highest BCUT2D eigenvalue weighted by Crippen LogP contribution is 2.47. The molecule has 9 heteroatoms. The SMILES string of the molecule is CN1CCN(c2ccc(Nc3ncc4c(n3)N(C3CCCC3)C3(CCCN(C)C3=O)C4)nc2)CC1. The molecule has 35 heavy (non-hydrogen) atoms. The van der Waals surface area contributed by atoms with Crippen molar-refractivity contribution in [1.29, 1.82) is 0 Å². The maximum atomic E-state index is 13.5. The first-order valence-corrected chi connectivity index (χ1v) is 13.1. The molecule has 4 aliphatic rings. The summed E-state index contributed by atoms with van der Waals surface area (Å²) in [6.07, 6.45) is 11.2. The van der Waals surface area contributed by atoms with Crippen LogP contribution in [0.15, 0.2) is 24.5 Å². The van der Waals surface area contributed by atoms with E-state index in [-0.39, 0.29) is 5.91 Å². The molecule has 1 unspecified atom stereocenters. The number of hydrogen-bond donors (Lipinski definition) is 1. The van der Waals surface area contributed by atoms with Crippen molar-refractivity contribution in [3.63, 3.8) is 0 Å². The molecule has 6 rings (SSSR count). The lowest BCUT2D eigenvalue weighted by Gasteiger charge is -2.46. The number of piperidine rings is 1. The van der Waals surface area contributed by atoms with E-state index in [4.69, 9.17) is 4.98 Å². The molecule has 1 amide bonds. The van der Waals surface area contributed by atoms with Gasteiger partial charge in [0, 0.05) is 64.0 Å². The summed E-state index contributed by atoms with van der Waals surface area (Å²) in [4.78, 5) is 36.8. The zero-order valence-corrected chi connectivity index (χ0v) is 20.9. The van der Waals surface area contributed by atoms with E-state index in [9.17, 15) is 4.79 Å². The van der Waals surface area contributed by atoms with E-state index in [1.54, 1.807) is 0 Å².